The van der Waals surface area contributed by atoms with Crippen molar-refractivity contribution >= 4 is 23.1 Å². The summed E-state index contributed by atoms with van der Waals surface area (Å²) in [5.74, 6) is 3.78. The van der Waals surface area contributed by atoms with Crippen LogP contribution in [0.2, 0.25) is 0 Å². The Balaban J connectivity index is 0.795. The van der Waals surface area contributed by atoms with Gasteiger partial charge in [0.2, 0.25) is 0 Å². The van der Waals surface area contributed by atoms with Crippen LogP contribution in [-0.4, -0.2) is 104 Å². The number of rotatable bonds is 24. The normalized spacial score (nSPS) is 31.8. The quantitative estimate of drug-likeness (QED) is 0.0103. The fourth-order valence-corrected chi connectivity index (χ4v) is 19.6. The van der Waals surface area contributed by atoms with Gasteiger partial charge in [0, 0.05) is 50.3 Å². The van der Waals surface area contributed by atoms with E-state index in [2.05, 4.69) is 131 Å². The van der Waals surface area contributed by atoms with Crippen molar-refractivity contribution in [3.05, 3.63) is 184 Å². The number of hydrogen-bond acceptors (Lipinski definition) is 12. The highest BCUT2D eigenvalue weighted by Gasteiger charge is 2.67. The van der Waals surface area contributed by atoms with E-state index in [9.17, 15) is 24.9 Å². The number of aryl methyl sites for hydroxylation is 3. The summed E-state index contributed by atoms with van der Waals surface area (Å²) >= 11 is 0. The largest absolute Gasteiger partial charge is 0.504 e. The molecule has 3 heterocycles. The lowest BCUT2D eigenvalue weighted by molar-refractivity contribution is -0.126. The Morgan fingerprint density at radius 3 is 2.39 bits per heavy atom. The average Bonchev–Trinajstić information content (AvgIpc) is 1.52. The Hall–Kier alpha value is -6.65. The van der Waals surface area contributed by atoms with Gasteiger partial charge in [0.25, 0.3) is 0 Å². The van der Waals surface area contributed by atoms with Crippen LogP contribution >= 0.6 is 0 Å². The van der Waals surface area contributed by atoms with Gasteiger partial charge >= 0.3 is 0 Å². The molecule has 1 spiro atoms. The van der Waals surface area contributed by atoms with Gasteiger partial charge in [0.15, 0.2) is 23.2 Å². The monoisotopic (exact) mass is 1250 g/mol. The number of nitrogens with one attached hydrogen (secondary N) is 4. The topological polar surface area (TPSA) is 243 Å². The Bertz CT molecular complexity index is 3410. The van der Waals surface area contributed by atoms with Crippen LogP contribution in [0.4, 0.5) is 0 Å². The van der Waals surface area contributed by atoms with Crippen LogP contribution in [0.1, 0.15) is 130 Å². The number of nitrogens with two attached hydrogens (primary N) is 3. The molecule has 0 aromatic heterocycles. The highest BCUT2D eigenvalue weighted by molar-refractivity contribution is 6.08. The number of carbonyl (C=O) groups is 2. The van der Waals surface area contributed by atoms with E-state index >= 15 is 0 Å². The lowest BCUT2D eigenvalue weighted by Crippen LogP contribution is -2.57. The molecule has 0 amide bonds. The van der Waals surface area contributed by atoms with Gasteiger partial charge in [-0.1, -0.05) is 109 Å². The first kappa shape index (κ1) is 65.4. The molecule has 0 bridgehead atoms. The number of piperidine rings is 1. The Labute approximate surface area is 546 Å². The van der Waals surface area contributed by atoms with Crippen LogP contribution in [0.25, 0.3) is 5.57 Å². The summed E-state index contributed by atoms with van der Waals surface area (Å²) < 4.78 is 5.63. The van der Waals surface area contributed by atoms with Crippen molar-refractivity contribution in [3.63, 3.8) is 0 Å². The summed E-state index contributed by atoms with van der Waals surface area (Å²) in [5.41, 5.74) is 27.5. The van der Waals surface area contributed by atoms with Crippen molar-refractivity contribution in [3.8, 4) is 11.5 Å². The second kappa shape index (κ2) is 29.3. The molecule has 14 heteroatoms. The lowest BCUT2D eigenvalue weighted by Gasteiger charge is -2.55. The Kier molecular flexibility index (Phi) is 20.9. The number of ketones is 2. The van der Waals surface area contributed by atoms with Crippen molar-refractivity contribution in [2.75, 3.05) is 46.4 Å². The van der Waals surface area contributed by atoms with Gasteiger partial charge in [0.05, 0.1) is 32.4 Å². The van der Waals surface area contributed by atoms with Crippen LogP contribution in [0.15, 0.2) is 156 Å². The number of hydrogen-bond donors (Lipinski definition) is 10. The molecule has 8 aliphatic rings. The molecule has 1 unspecified atom stereocenters. The number of carbonyl (C=O) groups excluding carboxylic acids is 2. The smallest absolute Gasteiger partial charge is 0.185 e. The summed E-state index contributed by atoms with van der Waals surface area (Å²) in [6, 6.07) is 34.1. The zero-order valence-corrected chi connectivity index (χ0v) is 54.4. The SMILES string of the molecule is COc1cc(/C(=C/C(=O)CC(=O)C[C@@H]2CC[C@H]3[C@@](C[C@H]4[C@@H]5CCNC[C@@H]5C[C@@H]5C=CCN[C@@H]45)(C2)C[C@@H](NC[C@H](C)O)[C@@]32C[C@@H]3[C@@H](CN=C(N)N)C[C@@H](c4ccccc4)C=C[C@H]3C2)CO)c(CC2=CNC(N)C=C2CCc2cccc(CCc3ccccc3)c2)cc1O. The summed E-state index contributed by atoms with van der Waals surface area (Å²) in [7, 11) is 1.48. The van der Waals surface area contributed by atoms with E-state index in [0.29, 0.717) is 90.1 Å². The van der Waals surface area contributed by atoms with Gasteiger partial charge in [-0.05, 0) is 255 Å². The number of phenolic OH excluding ortho intramolecular Hbond substituents is 1. The van der Waals surface area contributed by atoms with Crippen molar-refractivity contribution in [1.82, 2.24) is 21.3 Å². The minimum Gasteiger partial charge on any atom is -0.504 e. The molecule has 490 valence electrons. The maximum Gasteiger partial charge on any atom is 0.185 e. The standard InChI is InChI=1S/C78H102N8O6/c1-49(88)44-84-73-43-77(41-69-66-26-28-82-45-61(66)32-57-17-10-27-83-75(57)69)39-53(21-25-72(77)78(73)40-58-24-23-55(54-15-7-4-8-16-54)31-62(68(58)42-78)47-86-76(80)81)30-64(89)37-65(90)34-63(48-87)67-38-71(92-2)70(91)35-59(67)33-60-46-85-74(79)36-56(60)22-20-52-14-9-13-51(29-52)19-18-50-11-5-3-6-12-50/h3-17,23-24,29,34-36,38,46,49,53,55,57-58,61-62,66,68-69,72-75,82-85,87-88,91H,18-22,25-28,30-33,37,39-45,47-48,79H2,1-2H3,(H4,80,81,86)/b63-34+/t49-,53-,55-,57-,58-,61-,62+,66+,68-,69-,72-,73+,74?,75+,77+,78-/m0/s1. The molecule has 5 fully saturated rings. The van der Waals surface area contributed by atoms with Crippen molar-refractivity contribution in [1.29, 1.82) is 0 Å². The third-order valence-electron chi connectivity index (χ3n) is 23.4. The number of methoxy groups -OCH3 is 1. The molecular weight excluding hydrogens is 1140 g/mol. The van der Waals surface area contributed by atoms with E-state index in [1.165, 1.54) is 48.3 Å². The Morgan fingerprint density at radius 2 is 1.62 bits per heavy atom. The van der Waals surface area contributed by atoms with E-state index in [4.69, 9.17) is 26.9 Å². The zero-order chi connectivity index (χ0) is 63.9. The molecular formula is C78H102N8O6. The maximum atomic E-state index is 14.8. The molecule has 3 aliphatic heterocycles. The van der Waals surface area contributed by atoms with Crippen LogP contribution in [0.5, 0.6) is 11.5 Å². The molecule has 92 heavy (non-hydrogen) atoms. The number of aliphatic hydroxyl groups is 2. The van der Waals surface area contributed by atoms with E-state index in [1.54, 1.807) is 12.1 Å². The third-order valence-corrected chi connectivity index (χ3v) is 23.4. The third kappa shape index (κ3) is 14.8. The first-order valence-electron chi connectivity index (χ1n) is 34.8. The summed E-state index contributed by atoms with van der Waals surface area (Å²) in [5, 5.41) is 48.8. The molecule has 0 radical (unpaired) electrons. The predicted molar refractivity (Wildman–Crippen MR) is 367 cm³/mol. The lowest BCUT2D eigenvalue weighted by atomic mass is 9.52. The van der Waals surface area contributed by atoms with E-state index in [1.807, 2.05) is 19.2 Å². The number of phenols is 1. The van der Waals surface area contributed by atoms with Crippen molar-refractivity contribution < 1.29 is 29.6 Å². The van der Waals surface area contributed by atoms with E-state index < -0.39 is 12.7 Å². The number of guanidine groups is 1. The number of fused-ring (bicyclic) bond motifs is 5. The second-order valence-corrected chi connectivity index (χ2v) is 29.2. The number of aliphatic hydroxyl groups excluding tert-OH is 2. The van der Waals surface area contributed by atoms with Crippen molar-refractivity contribution in [2.24, 2.45) is 86.3 Å². The fourth-order valence-electron chi connectivity index (χ4n) is 19.6. The van der Waals surface area contributed by atoms with Crippen LogP contribution in [0.3, 0.4) is 0 Å². The number of nitrogens with zero attached hydrogens (tertiary/aromatic N) is 1. The van der Waals surface area contributed by atoms with E-state index in [-0.39, 0.29) is 76.2 Å². The van der Waals surface area contributed by atoms with Gasteiger partial charge < -0.3 is 58.5 Å². The van der Waals surface area contributed by atoms with E-state index in [0.717, 1.165) is 108 Å². The molecule has 14 nitrogen and oxygen atoms in total. The van der Waals surface area contributed by atoms with Gasteiger partial charge in [-0.15, -0.1) is 0 Å². The number of aromatic hydroxyl groups is 1. The molecule has 13 N–H and O–H groups in total. The minimum absolute atomic E-state index is 0.0528. The average molecular weight is 1250 g/mol. The van der Waals surface area contributed by atoms with Gasteiger partial charge in [-0.3, -0.25) is 14.6 Å². The number of dihydropyridines is 1. The molecule has 4 aromatic carbocycles. The number of Topliss-reactive ketones (excluding diaryl/α,β-unsaturated/α-hetero) is 1. The van der Waals surface area contributed by atoms with Crippen molar-refractivity contribution in [2.45, 2.75) is 146 Å². The minimum atomic E-state index is -0.506. The van der Waals surface area contributed by atoms with Gasteiger partial charge in [-0.2, -0.15) is 0 Å². The molecule has 16 atom stereocenters. The maximum absolute atomic E-state index is 14.8. The number of benzene rings is 4. The molecule has 1 saturated heterocycles. The molecule has 5 aliphatic carbocycles. The second-order valence-electron chi connectivity index (χ2n) is 29.2. The Morgan fingerprint density at radius 1 is 0.848 bits per heavy atom. The highest BCUT2D eigenvalue weighted by atomic mass is 16.5. The molecule has 4 aromatic rings. The fraction of sp³-hybridized carbons (Fsp3) is 0.526. The summed E-state index contributed by atoms with van der Waals surface area (Å²) in [6.07, 6.45) is 28.7. The summed E-state index contributed by atoms with van der Waals surface area (Å²) in [4.78, 5) is 34.0. The number of ether oxygens (including phenoxy) is 1. The predicted octanol–water partition coefficient (Wildman–Crippen LogP) is 9.92. The molecule has 4 saturated carbocycles. The highest BCUT2D eigenvalue weighted by Crippen LogP contribution is 2.72. The number of allylic oxidation sites excluding steroid dienone is 5. The first-order chi connectivity index (χ1) is 44.7. The van der Waals surface area contributed by atoms with Gasteiger partial charge in [0.1, 0.15) is 5.78 Å². The number of aliphatic imine (C=N–C) groups is 1. The zero-order valence-electron chi connectivity index (χ0n) is 54.4. The van der Waals surface area contributed by atoms with Crippen LogP contribution < -0.4 is 43.2 Å². The van der Waals surface area contributed by atoms with Crippen LogP contribution in [0, 0.1) is 64.1 Å². The van der Waals surface area contributed by atoms with Crippen LogP contribution in [-0.2, 0) is 35.3 Å². The first-order valence-corrected chi connectivity index (χ1v) is 34.8. The summed E-state index contributed by atoms with van der Waals surface area (Å²) in [6.45, 7) is 5.52. The molecule has 12 rings (SSSR count). The van der Waals surface area contributed by atoms with Gasteiger partial charge in [-0.25, -0.2) is 0 Å².